The van der Waals surface area contributed by atoms with Crippen molar-refractivity contribution in [1.29, 1.82) is 0 Å². The van der Waals surface area contributed by atoms with Crippen LogP contribution in [0.15, 0.2) is 65.7 Å². The highest BCUT2D eigenvalue weighted by Crippen LogP contribution is 2.30. The Labute approximate surface area is 176 Å². The number of H-pyrrole nitrogens is 1. The number of nitrogens with zero attached hydrogens (tertiary/aromatic N) is 1. The predicted molar refractivity (Wildman–Crippen MR) is 115 cm³/mol. The lowest BCUT2D eigenvalue weighted by molar-refractivity contribution is 0.0777. The highest BCUT2D eigenvalue weighted by Gasteiger charge is 2.43. The van der Waals surface area contributed by atoms with Crippen LogP contribution in [0.1, 0.15) is 23.2 Å². The summed E-state index contributed by atoms with van der Waals surface area (Å²) in [4.78, 5) is 18.3. The second kappa shape index (κ2) is 8.22. The van der Waals surface area contributed by atoms with Gasteiger partial charge >= 0.3 is 0 Å². The maximum Gasteiger partial charge on any atom is 0.256 e. The van der Waals surface area contributed by atoms with Gasteiger partial charge in [0.1, 0.15) is 0 Å². The smallest absolute Gasteiger partial charge is 0.256 e. The van der Waals surface area contributed by atoms with Crippen molar-refractivity contribution in [1.82, 2.24) is 14.6 Å². The largest absolute Gasteiger partial charge is 0.385 e. The van der Waals surface area contributed by atoms with E-state index in [9.17, 15) is 13.2 Å². The van der Waals surface area contributed by atoms with E-state index in [0.29, 0.717) is 38.1 Å². The van der Waals surface area contributed by atoms with E-state index >= 15 is 0 Å². The first-order chi connectivity index (χ1) is 14.4. The number of aromatic amines is 1. The second-order valence-corrected chi connectivity index (χ2v) is 9.35. The molecule has 2 heterocycles. The molecule has 158 valence electrons. The molecule has 1 saturated heterocycles. The summed E-state index contributed by atoms with van der Waals surface area (Å²) in [7, 11) is -2.13. The van der Waals surface area contributed by atoms with Crippen LogP contribution >= 0.6 is 0 Å². The number of carbonyl (C=O) groups excluding carboxylic acids is 1. The molecule has 3 aromatic rings. The molecule has 1 atom stereocenters. The molecular formula is C22H25N3O4S. The standard InChI is InChI=1S/C22H25N3O4S/c1-29-14-12-22(24-30(27,28)17-7-3-2-4-8-17)11-13-25(16-22)21(26)19-15-23-20-10-6-5-9-18(19)20/h2-10,15,23-24H,11-14,16H2,1H3. The number of benzene rings is 2. The maximum absolute atomic E-state index is 13.2. The zero-order valence-electron chi connectivity index (χ0n) is 16.8. The molecule has 1 unspecified atom stereocenters. The van der Waals surface area contributed by atoms with Crippen LogP contribution < -0.4 is 4.72 Å². The Hall–Kier alpha value is -2.68. The SMILES string of the molecule is COCCC1(NS(=O)(=O)c2ccccc2)CCN(C(=O)c2c[nH]c3ccccc23)C1. The molecule has 2 aromatic carbocycles. The van der Waals surface area contributed by atoms with E-state index in [0.717, 1.165) is 10.9 Å². The van der Waals surface area contributed by atoms with Gasteiger partial charge in [-0.2, -0.15) is 0 Å². The summed E-state index contributed by atoms with van der Waals surface area (Å²) in [5, 5.41) is 0.863. The maximum atomic E-state index is 13.2. The third-order valence-electron chi connectivity index (χ3n) is 5.65. The number of hydrogen-bond acceptors (Lipinski definition) is 4. The Morgan fingerprint density at radius 3 is 2.67 bits per heavy atom. The van der Waals surface area contributed by atoms with E-state index in [1.54, 1.807) is 48.5 Å². The van der Waals surface area contributed by atoms with Crippen LogP contribution in [0, 0.1) is 0 Å². The zero-order valence-corrected chi connectivity index (χ0v) is 17.6. The minimum Gasteiger partial charge on any atom is -0.385 e. The number of hydrogen-bond donors (Lipinski definition) is 2. The lowest BCUT2D eigenvalue weighted by Gasteiger charge is -2.30. The second-order valence-electron chi connectivity index (χ2n) is 7.67. The van der Waals surface area contributed by atoms with Gasteiger partial charge in [0.2, 0.25) is 10.0 Å². The molecule has 0 saturated carbocycles. The fraction of sp³-hybridized carbons (Fsp3) is 0.318. The Morgan fingerprint density at radius 1 is 1.17 bits per heavy atom. The summed E-state index contributed by atoms with van der Waals surface area (Å²) in [6.45, 7) is 1.16. The zero-order chi connectivity index (χ0) is 21.2. The number of likely N-dealkylation sites (tertiary alicyclic amines) is 1. The van der Waals surface area contributed by atoms with E-state index in [1.165, 1.54) is 0 Å². The molecule has 0 radical (unpaired) electrons. The molecule has 7 nitrogen and oxygen atoms in total. The van der Waals surface area contributed by atoms with Gasteiger partial charge in [0.05, 0.1) is 16.0 Å². The molecule has 1 amide bonds. The fourth-order valence-electron chi connectivity index (χ4n) is 4.04. The molecule has 30 heavy (non-hydrogen) atoms. The number of para-hydroxylation sites is 1. The summed E-state index contributed by atoms with van der Waals surface area (Å²) < 4.78 is 34.1. The van der Waals surface area contributed by atoms with Crippen LogP contribution in [0.4, 0.5) is 0 Å². The van der Waals surface area contributed by atoms with Crippen LogP contribution in [0.2, 0.25) is 0 Å². The molecule has 1 aliphatic heterocycles. The Balaban J connectivity index is 1.58. The number of amides is 1. The van der Waals surface area contributed by atoms with Gasteiger partial charge in [0, 0.05) is 43.9 Å². The van der Waals surface area contributed by atoms with Gasteiger partial charge in [0.25, 0.3) is 5.91 Å². The first-order valence-electron chi connectivity index (χ1n) is 9.87. The number of aromatic nitrogens is 1. The van der Waals surface area contributed by atoms with Gasteiger partial charge in [-0.15, -0.1) is 0 Å². The number of methoxy groups -OCH3 is 1. The molecule has 0 bridgehead atoms. The molecule has 2 N–H and O–H groups in total. The monoisotopic (exact) mass is 427 g/mol. The molecular weight excluding hydrogens is 402 g/mol. The number of rotatable bonds is 7. The van der Waals surface area contributed by atoms with Crippen molar-refractivity contribution in [2.45, 2.75) is 23.3 Å². The van der Waals surface area contributed by atoms with Crippen LogP contribution in [0.25, 0.3) is 10.9 Å². The van der Waals surface area contributed by atoms with Gasteiger partial charge < -0.3 is 14.6 Å². The number of nitrogens with one attached hydrogen (secondary N) is 2. The highest BCUT2D eigenvalue weighted by atomic mass is 32.2. The van der Waals surface area contributed by atoms with E-state index in [2.05, 4.69) is 9.71 Å². The molecule has 1 aliphatic rings. The summed E-state index contributed by atoms with van der Waals surface area (Å²) in [6, 6.07) is 15.9. The van der Waals surface area contributed by atoms with Crippen LogP contribution in [0.5, 0.6) is 0 Å². The third-order valence-corrected chi connectivity index (χ3v) is 7.24. The minimum atomic E-state index is -3.72. The number of sulfonamides is 1. The van der Waals surface area contributed by atoms with Gasteiger partial charge in [-0.1, -0.05) is 36.4 Å². The molecule has 1 aromatic heterocycles. The van der Waals surface area contributed by atoms with Gasteiger partial charge in [-0.05, 0) is 31.0 Å². The van der Waals surface area contributed by atoms with E-state index < -0.39 is 15.6 Å². The predicted octanol–water partition coefficient (Wildman–Crippen LogP) is 2.77. The van der Waals surface area contributed by atoms with Crippen molar-refractivity contribution < 1.29 is 17.9 Å². The lowest BCUT2D eigenvalue weighted by atomic mass is 9.96. The summed E-state index contributed by atoms with van der Waals surface area (Å²) >= 11 is 0. The Morgan fingerprint density at radius 2 is 1.90 bits per heavy atom. The molecule has 1 fully saturated rings. The van der Waals surface area contributed by atoms with Crippen molar-refractivity contribution in [2.75, 3.05) is 26.8 Å². The number of carbonyl (C=O) groups is 1. The average molecular weight is 428 g/mol. The van der Waals surface area contributed by atoms with Crippen LogP contribution in [-0.4, -0.2) is 56.6 Å². The van der Waals surface area contributed by atoms with Crippen LogP contribution in [0.3, 0.4) is 0 Å². The van der Waals surface area contributed by atoms with Crippen molar-refractivity contribution >= 4 is 26.8 Å². The molecule has 0 aliphatic carbocycles. The average Bonchev–Trinajstić information content (AvgIpc) is 3.37. The van der Waals surface area contributed by atoms with Crippen molar-refractivity contribution in [3.8, 4) is 0 Å². The van der Waals surface area contributed by atoms with Crippen molar-refractivity contribution in [3.05, 3.63) is 66.4 Å². The van der Waals surface area contributed by atoms with Crippen LogP contribution in [-0.2, 0) is 14.8 Å². The fourth-order valence-corrected chi connectivity index (χ4v) is 5.52. The highest BCUT2D eigenvalue weighted by molar-refractivity contribution is 7.89. The summed E-state index contributed by atoms with van der Waals surface area (Å²) in [5.41, 5.74) is 0.724. The van der Waals surface area contributed by atoms with Gasteiger partial charge in [0.15, 0.2) is 0 Å². The normalized spacial score (nSPS) is 19.4. The van der Waals surface area contributed by atoms with E-state index in [-0.39, 0.29) is 10.8 Å². The molecule has 0 spiro atoms. The third kappa shape index (κ3) is 3.98. The number of fused-ring (bicyclic) bond motifs is 1. The lowest BCUT2D eigenvalue weighted by Crippen LogP contribution is -2.51. The van der Waals surface area contributed by atoms with Crippen molar-refractivity contribution in [2.24, 2.45) is 0 Å². The Bertz CT molecular complexity index is 1140. The summed E-state index contributed by atoms with van der Waals surface area (Å²) in [5.74, 6) is -0.106. The van der Waals surface area contributed by atoms with Gasteiger partial charge in [-0.25, -0.2) is 13.1 Å². The minimum absolute atomic E-state index is 0.106. The molecule has 4 rings (SSSR count). The summed E-state index contributed by atoms with van der Waals surface area (Å²) in [6.07, 6.45) is 2.72. The van der Waals surface area contributed by atoms with Gasteiger partial charge in [-0.3, -0.25) is 4.79 Å². The number of ether oxygens (including phenoxy) is 1. The van der Waals surface area contributed by atoms with E-state index in [1.807, 2.05) is 24.3 Å². The first kappa shape index (κ1) is 20.6. The Kier molecular flexibility index (Phi) is 5.64. The quantitative estimate of drug-likeness (QED) is 0.607. The topological polar surface area (TPSA) is 91.5 Å². The molecule has 8 heteroatoms. The van der Waals surface area contributed by atoms with Crippen molar-refractivity contribution in [3.63, 3.8) is 0 Å². The first-order valence-corrected chi connectivity index (χ1v) is 11.4. The van der Waals surface area contributed by atoms with E-state index in [4.69, 9.17) is 4.74 Å².